The van der Waals surface area contributed by atoms with Gasteiger partial charge in [0.2, 0.25) is 0 Å². The lowest BCUT2D eigenvalue weighted by atomic mass is 10.0. The lowest BCUT2D eigenvalue weighted by Crippen LogP contribution is -2.37. The average molecular weight is 582 g/mol. The fraction of sp³-hybridized carbons (Fsp3) is 0.448. The normalized spacial score (nSPS) is 13.7. The van der Waals surface area contributed by atoms with Crippen molar-refractivity contribution in [3.05, 3.63) is 70.4 Å². The molecule has 11 heteroatoms. The number of aromatic nitrogens is 2. The van der Waals surface area contributed by atoms with E-state index >= 15 is 4.39 Å². The van der Waals surface area contributed by atoms with E-state index in [2.05, 4.69) is 10.3 Å². The van der Waals surface area contributed by atoms with Crippen LogP contribution in [0.15, 0.2) is 42.6 Å². The monoisotopic (exact) mass is 581 g/mol. The number of imidazole rings is 1. The van der Waals surface area contributed by atoms with Gasteiger partial charge in [0.25, 0.3) is 11.8 Å². The number of rotatable bonds is 12. The van der Waals surface area contributed by atoms with Crippen LogP contribution >= 0.6 is 11.6 Å². The SMILES string of the molecule is CCn1cc(-c2ccc(C[C@@H](CCO)NC(=O)c3ccc(O[C@H](C)C(C)(F)F)c(Cl)c3)cc2F)nc1C(C)(C)O. The summed E-state index contributed by atoms with van der Waals surface area (Å²) in [4.78, 5) is 17.3. The molecule has 1 aromatic heterocycles. The second kappa shape index (κ2) is 12.6. The van der Waals surface area contributed by atoms with Gasteiger partial charge in [0, 0.05) is 43.4 Å². The number of nitrogens with one attached hydrogen (secondary N) is 1. The molecule has 3 aromatic rings. The number of halogens is 4. The highest BCUT2D eigenvalue weighted by Crippen LogP contribution is 2.30. The second-order valence-electron chi connectivity index (χ2n) is 10.4. The summed E-state index contributed by atoms with van der Waals surface area (Å²) >= 11 is 6.17. The van der Waals surface area contributed by atoms with Crippen molar-refractivity contribution in [2.45, 2.75) is 77.7 Å². The molecule has 0 saturated heterocycles. The van der Waals surface area contributed by atoms with Crippen LogP contribution in [0.1, 0.15) is 62.8 Å². The molecule has 1 heterocycles. The molecule has 2 atom stereocenters. The van der Waals surface area contributed by atoms with Crippen molar-refractivity contribution >= 4 is 17.5 Å². The number of hydrogen-bond acceptors (Lipinski definition) is 5. The maximum absolute atomic E-state index is 15.2. The average Bonchev–Trinajstić information content (AvgIpc) is 3.30. The van der Waals surface area contributed by atoms with E-state index in [0.29, 0.717) is 23.6 Å². The Hall–Kier alpha value is -3.08. The Bertz CT molecular complexity index is 1340. The molecule has 3 N–H and O–H groups in total. The quantitative estimate of drug-likeness (QED) is 0.254. The Balaban J connectivity index is 1.74. The smallest absolute Gasteiger partial charge is 0.281 e. The van der Waals surface area contributed by atoms with E-state index in [0.717, 1.165) is 6.92 Å². The first-order chi connectivity index (χ1) is 18.6. The minimum Gasteiger partial charge on any atom is -0.483 e. The van der Waals surface area contributed by atoms with Gasteiger partial charge in [-0.25, -0.2) is 18.2 Å². The number of aliphatic hydroxyl groups excluding tert-OH is 1. The number of aryl methyl sites for hydroxylation is 1. The van der Waals surface area contributed by atoms with Gasteiger partial charge in [0.05, 0.1) is 10.7 Å². The van der Waals surface area contributed by atoms with Crippen molar-refractivity contribution < 1.29 is 32.9 Å². The molecule has 7 nitrogen and oxygen atoms in total. The van der Waals surface area contributed by atoms with Crippen LogP contribution < -0.4 is 10.1 Å². The van der Waals surface area contributed by atoms with Gasteiger partial charge >= 0.3 is 0 Å². The maximum atomic E-state index is 15.2. The van der Waals surface area contributed by atoms with Crippen molar-refractivity contribution in [1.29, 1.82) is 0 Å². The summed E-state index contributed by atoms with van der Waals surface area (Å²) in [6.07, 6.45) is 0.718. The number of benzene rings is 2. The fourth-order valence-electron chi connectivity index (χ4n) is 4.13. The highest BCUT2D eigenvalue weighted by molar-refractivity contribution is 6.32. The standard InChI is InChI=1S/C29H35ClF3N3O4/c1-6-36-16-24(35-27(36)28(3,4)39)21-9-7-18(14-23(21)31)13-20(11-12-37)34-26(38)19-8-10-25(22(30)15-19)40-17(2)29(5,32)33/h7-10,14-17,20,37,39H,6,11-13H2,1-5H3,(H,34,38)/t17-,20-/m1/s1. The first-order valence-corrected chi connectivity index (χ1v) is 13.4. The van der Waals surface area contributed by atoms with Gasteiger partial charge in [-0.05, 0) is 76.4 Å². The van der Waals surface area contributed by atoms with E-state index in [1.807, 2.05) is 6.92 Å². The molecule has 0 spiro atoms. The van der Waals surface area contributed by atoms with Crippen LogP contribution in [0.4, 0.5) is 13.2 Å². The molecule has 0 bridgehead atoms. The summed E-state index contributed by atoms with van der Waals surface area (Å²) in [5, 5.41) is 22.7. The highest BCUT2D eigenvalue weighted by Gasteiger charge is 2.32. The number of carbonyl (C=O) groups is 1. The topological polar surface area (TPSA) is 96.6 Å². The molecule has 0 fully saturated rings. The first-order valence-electron chi connectivity index (χ1n) is 13.0. The van der Waals surface area contributed by atoms with Crippen molar-refractivity contribution in [2.75, 3.05) is 6.61 Å². The van der Waals surface area contributed by atoms with Crippen molar-refractivity contribution in [2.24, 2.45) is 0 Å². The molecule has 1 amide bonds. The van der Waals surface area contributed by atoms with Crippen LogP contribution in [0.5, 0.6) is 5.75 Å². The Morgan fingerprint density at radius 2 is 1.90 bits per heavy atom. The second-order valence-corrected chi connectivity index (χ2v) is 10.8. The molecular formula is C29H35ClF3N3O4. The Kier molecular flexibility index (Phi) is 9.92. The predicted molar refractivity (Wildman–Crippen MR) is 147 cm³/mol. The van der Waals surface area contributed by atoms with E-state index < -0.39 is 35.4 Å². The molecule has 3 rings (SSSR count). The largest absolute Gasteiger partial charge is 0.483 e. The molecular weight excluding hydrogens is 547 g/mol. The summed E-state index contributed by atoms with van der Waals surface area (Å²) in [6.45, 7) is 7.44. The first kappa shape index (κ1) is 31.4. The number of carbonyl (C=O) groups excluding carboxylic acids is 1. The van der Waals surface area contributed by atoms with Crippen LogP contribution in [-0.2, 0) is 18.6 Å². The number of ether oxygens (including phenoxy) is 1. The lowest BCUT2D eigenvalue weighted by molar-refractivity contribution is -0.0717. The zero-order valence-electron chi connectivity index (χ0n) is 23.1. The molecule has 218 valence electrons. The summed E-state index contributed by atoms with van der Waals surface area (Å²) < 4.78 is 49.1. The molecule has 0 saturated carbocycles. The van der Waals surface area contributed by atoms with Crippen LogP contribution in [0.25, 0.3) is 11.3 Å². The van der Waals surface area contributed by atoms with E-state index in [1.165, 1.54) is 31.2 Å². The maximum Gasteiger partial charge on any atom is 0.281 e. The van der Waals surface area contributed by atoms with Gasteiger partial charge in [-0.1, -0.05) is 17.7 Å². The van der Waals surface area contributed by atoms with Gasteiger partial charge in [-0.15, -0.1) is 0 Å². The third-order valence-corrected chi connectivity index (χ3v) is 6.78. The summed E-state index contributed by atoms with van der Waals surface area (Å²) in [6, 6.07) is 8.20. The summed E-state index contributed by atoms with van der Waals surface area (Å²) in [7, 11) is 0. The van der Waals surface area contributed by atoms with Gasteiger partial charge in [-0.2, -0.15) is 0 Å². The van der Waals surface area contributed by atoms with Crippen molar-refractivity contribution in [1.82, 2.24) is 14.9 Å². The van der Waals surface area contributed by atoms with Gasteiger partial charge in [-0.3, -0.25) is 4.79 Å². The lowest BCUT2D eigenvalue weighted by Gasteiger charge is -2.22. The minimum atomic E-state index is -3.08. The van der Waals surface area contributed by atoms with Crippen LogP contribution in [0.2, 0.25) is 5.02 Å². The summed E-state index contributed by atoms with van der Waals surface area (Å²) in [5.74, 6) is -3.64. The Labute approximate surface area is 237 Å². The number of amides is 1. The molecule has 2 aromatic carbocycles. The number of alkyl halides is 2. The van der Waals surface area contributed by atoms with Gasteiger partial charge in [0.15, 0.2) is 6.10 Å². The Morgan fingerprint density at radius 1 is 1.20 bits per heavy atom. The summed E-state index contributed by atoms with van der Waals surface area (Å²) in [5.41, 5.74) is 0.238. The van der Waals surface area contributed by atoms with Crippen molar-refractivity contribution in [3.63, 3.8) is 0 Å². The minimum absolute atomic E-state index is 0.00150. The molecule has 0 aliphatic rings. The van der Waals surface area contributed by atoms with Gasteiger partial charge in [0.1, 0.15) is 23.0 Å². The highest BCUT2D eigenvalue weighted by atomic mass is 35.5. The zero-order chi connectivity index (χ0) is 29.8. The third kappa shape index (κ3) is 7.77. The van der Waals surface area contributed by atoms with Crippen molar-refractivity contribution in [3.8, 4) is 17.0 Å². The zero-order valence-corrected chi connectivity index (χ0v) is 23.9. The molecule has 40 heavy (non-hydrogen) atoms. The third-order valence-electron chi connectivity index (χ3n) is 6.48. The molecule has 0 unspecified atom stereocenters. The number of aliphatic hydroxyl groups is 2. The van der Waals surface area contributed by atoms with Crippen LogP contribution in [-0.4, -0.2) is 50.3 Å². The molecule has 0 radical (unpaired) electrons. The predicted octanol–water partition coefficient (Wildman–Crippen LogP) is 5.74. The number of hydrogen-bond donors (Lipinski definition) is 3. The molecule has 0 aliphatic heterocycles. The Morgan fingerprint density at radius 3 is 2.42 bits per heavy atom. The fourth-order valence-corrected chi connectivity index (χ4v) is 4.36. The van der Waals surface area contributed by atoms with E-state index in [4.69, 9.17) is 16.3 Å². The van der Waals surface area contributed by atoms with Crippen LogP contribution in [0, 0.1) is 5.82 Å². The van der Waals surface area contributed by atoms with E-state index in [1.54, 1.807) is 36.7 Å². The van der Waals surface area contributed by atoms with Crippen LogP contribution in [0.3, 0.4) is 0 Å². The molecule has 0 aliphatic carbocycles. The van der Waals surface area contributed by atoms with E-state index in [9.17, 15) is 23.8 Å². The van der Waals surface area contributed by atoms with Gasteiger partial charge < -0.3 is 24.8 Å². The van der Waals surface area contributed by atoms with E-state index in [-0.39, 0.29) is 41.3 Å². The number of nitrogens with zero attached hydrogens (tertiary/aromatic N) is 2.